The largest absolute Gasteiger partial charge is 0.481 e. The van der Waals surface area contributed by atoms with Crippen LogP contribution in [-0.2, 0) is 14.4 Å². The van der Waals surface area contributed by atoms with E-state index < -0.39 is 5.97 Å². The van der Waals surface area contributed by atoms with Gasteiger partial charge >= 0.3 is 5.97 Å². The molecule has 3 fully saturated rings. The number of unbranched alkanes of at least 4 members (excludes halogenated alkanes) is 2. The van der Waals surface area contributed by atoms with Crippen LogP contribution in [0.4, 0.5) is 0 Å². The Kier molecular flexibility index (Phi) is 3.13. The van der Waals surface area contributed by atoms with Gasteiger partial charge in [0.1, 0.15) is 0 Å². The summed E-state index contributed by atoms with van der Waals surface area (Å²) >= 11 is 0. The number of allylic oxidation sites excluding steroid dienone is 2. The molecule has 0 aromatic carbocycles. The molecule has 1 N–H and O–H groups in total. The zero-order valence-electron chi connectivity index (χ0n) is 12.5. The van der Waals surface area contributed by atoms with Gasteiger partial charge in [-0.2, -0.15) is 0 Å². The molecule has 1 aliphatic heterocycles. The number of carboxylic acids is 1. The Bertz CT molecular complexity index is 533. The summed E-state index contributed by atoms with van der Waals surface area (Å²) in [4.78, 5) is 37.3. The van der Waals surface area contributed by atoms with E-state index in [4.69, 9.17) is 5.11 Å². The molecule has 0 spiro atoms. The lowest BCUT2D eigenvalue weighted by atomic mass is 9.63. The molecule has 5 rings (SSSR count). The van der Waals surface area contributed by atoms with E-state index in [9.17, 15) is 14.4 Å². The van der Waals surface area contributed by atoms with Gasteiger partial charge in [0.15, 0.2) is 0 Å². The molecule has 5 heteroatoms. The molecule has 1 heterocycles. The van der Waals surface area contributed by atoms with E-state index >= 15 is 0 Å². The summed E-state index contributed by atoms with van der Waals surface area (Å²) in [6.45, 7) is 0.457. The number of carbonyl (C=O) groups is 3. The Morgan fingerprint density at radius 2 is 1.64 bits per heavy atom. The monoisotopic (exact) mass is 303 g/mol. The predicted octanol–water partition coefficient (Wildman–Crippen LogP) is 1.68. The lowest BCUT2D eigenvalue weighted by Crippen LogP contribution is -2.40. The Morgan fingerprint density at radius 1 is 1.05 bits per heavy atom. The molecule has 2 amide bonds. The number of amides is 2. The van der Waals surface area contributed by atoms with Crippen molar-refractivity contribution in [2.24, 2.45) is 35.5 Å². The third kappa shape index (κ3) is 1.94. The number of imide groups is 1. The van der Waals surface area contributed by atoms with Crippen molar-refractivity contribution < 1.29 is 19.5 Å². The number of carbonyl (C=O) groups excluding carboxylic acids is 2. The zero-order valence-corrected chi connectivity index (χ0v) is 12.5. The van der Waals surface area contributed by atoms with Gasteiger partial charge in [-0.15, -0.1) is 0 Å². The van der Waals surface area contributed by atoms with Crippen LogP contribution in [0.3, 0.4) is 0 Å². The van der Waals surface area contributed by atoms with Crippen molar-refractivity contribution in [3.63, 3.8) is 0 Å². The molecule has 4 aliphatic carbocycles. The van der Waals surface area contributed by atoms with Gasteiger partial charge in [-0.1, -0.05) is 18.6 Å². The first-order valence-electron chi connectivity index (χ1n) is 8.35. The molecule has 22 heavy (non-hydrogen) atoms. The van der Waals surface area contributed by atoms with Crippen molar-refractivity contribution in [2.75, 3.05) is 6.54 Å². The fourth-order valence-corrected chi connectivity index (χ4v) is 4.96. The van der Waals surface area contributed by atoms with Crippen molar-refractivity contribution in [2.45, 2.75) is 32.1 Å². The third-order valence-electron chi connectivity index (χ3n) is 6.03. The van der Waals surface area contributed by atoms with E-state index in [2.05, 4.69) is 12.2 Å². The number of rotatable bonds is 6. The predicted molar refractivity (Wildman–Crippen MR) is 77.5 cm³/mol. The van der Waals surface area contributed by atoms with Crippen molar-refractivity contribution >= 4 is 17.8 Å². The molecule has 5 nitrogen and oxygen atoms in total. The van der Waals surface area contributed by atoms with Crippen molar-refractivity contribution in [1.82, 2.24) is 4.90 Å². The molecule has 0 aromatic heterocycles. The maximum Gasteiger partial charge on any atom is 0.303 e. The summed E-state index contributed by atoms with van der Waals surface area (Å²) in [6.07, 6.45) is 7.77. The van der Waals surface area contributed by atoms with Crippen LogP contribution in [0.15, 0.2) is 12.2 Å². The van der Waals surface area contributed by atoms with E-state index in [-0.39, 0.29) is 41.9 Å². The maximum atomic E-state index is 12.7. The molecule has 6 atom stereocenters. The standard InChI is InChI=1S/C17H21NO4/c19-13(20)4-2-1-3-7-18-16(21)14-9-5-6-10(12-8-11(9)12)15(14)17(18)22/h5-6,9-12,14-15H,1-4,7-8H2,(H,19,20)/t9-,10+,11-,12+,14+,15-. The summed E-state index contributed by atoms with van der Waals surface area (Å²) in [5.41, 5.74) is 0. The van der Waals surface area contributed by atoms with Gasteiger partial charge in [0.05, 0.1) is 11.8 Å². The molecule has 2 bridgehead atoms. The average Bonchev–Trinajstić information content (AvgIpc) is 3.26. The van der Waals surface area contributed by atoms with Crippen LogP contribution in [-0.4, -0.2) is 34.3 Å². The second-order valence-electron chi connectivity index (χ2n) is 7.19. The molecule has 118 valence electrons. The van der Waals surface area contributed by atoms with Gasteiger partial charge in [0, 0.05) is 13.0 Å². The van der Waals surface area contributed by atoms with Crippen LogP contribution in [0.25, 0.3) is 0 Å². The number of hydrogen-bond donors (Lipinski definition) is 1. The van der Waals surface area contributed by atoms with Crippen molar-refractivity contribution in [3.05, 3.63) is 12.2 Å². The van der Waals surface area contributed by atoms with E-state index in [1.54, 1.807) is 0 Å². The highest BCUT2D eigenvalue weighted by atomic mass is 16.4. The molecule has 2 saturated carbocycles. The van der Waals surface area contributed by atoms with Gasteiger partial charge < -0.3 is 5.11 Å². The van der Waals surface area contributed by atoms with E-state index in [0.717, 1.165) is 6.42 Å². The highest BCUT2D eigenvalue weighted by molar-refractivity contribution is 6.06. The smallest absolute Gasteiger partial charge is 0.303 e. The van der Waals surface area contributed by atoms with Gasteiger partial charge in [0.25, 0.3) is 0 Å². The number of nitrogens with zero attached hydrogens (tertiary/aromatic N) is 1. The minimum atomic E-state index is -0.791. The Hall–Kier alpha value is -1.65. The quantitative estimate of drug-likeness (QED) is 0.460. The van der Waals surface area contributed by atoms with Crippen LogP contribution in [0.1, 0.15) is 32.1 Å². The Morgan fingerprint density at radius 3 is 2.18 bits per heavy atom. The van der Waals surface area contributed by atoms with Gasteiger partial charge in [0.2, 0.25) is 11.8 Å². The summed E-state index contributed by atoms with van der Waals surface area (Å²) < 4.78 is 0. The SMILES string of the molecule is O=C(O)CCCCCN1C(=O)[C@@H]2[C@H]3C=C[C@H]([C@H]4C[C@@H]34)[C@@H]2C1=O. The molecule has 5 aliphatic rings. The van der Waals surface area contributed by atoms with Crippen LogP contribution in [0.5, 0.6) is 0 Å². The first-order chi connectivity index (χ1) is 10.6. The van der Waals surface area contributed by atoms with Crippen LogP contribution >= 0.6 is 0 Å². The lowest BCUT2D eigenvalue weighted by molar-refractivity contribution is -0.141. The van der Waals surface area contributed by atoms with Crippen LogP contribution < -0.4 is 0 Å². The molecule has 0 aromatic rings. The van der Waals surface area contributed by atoms with Crippen molar-refractivity contribution in [1.29, 1.82) is 0 Å². The fourth-order valence-electron chi connectivity index (χ4n) is 4.96. The Labute approximate surface area is 129 Å². The van der Waals surface area contributed by atoms with Crippen molar-refractivity contribution in [3.8, 4) is 0 Å². The topological polar surface area (TPSA) is 74.7 Å². The lowest BCUT2D eigenvalue weighted by Gasteiger charge is -2.37. The fraction of sp³-hybridized carbons (Fsp3) is 0.706. The second kappa shape index (κ2) is 4.93. The summed E-state index contributed by atoms with van der Waals surface area (Å²) in [6, 6.07) is 0. The summed E-state index contributed by atoms with van der Waals surface area (Å²) in [5, 5.41) is 8.62. The summed E-state index contributed by atoms with van der Waals surface area (Å²) in [7, 11) is 0. The number of aliphatic carboxylic acids is 1. The van der Waals surface area contributed by atoms with Gasteiger partial charge in [-0.3, -0.25) is 19.3 Å². The highest BCUT2D eigenvalue weighted by Gasteiger charge is 2.66. The Balaban J connectivity index is 1.39. The van der Waals surface area contributed by atoms with E-state index in [1.807, 2.05) is 0 Å². The number of carboxylic acid groups (broad SMARTS) is 1. The average molecular weight is 303 g/mol. The minimum Gasteiger partial charge on any atom is -0.481 e. The molecule has 1 saturated heterocycles. The third-order valence-corrected chi connectivity index (χ3v) is 6.03. The van der Waals surface area contributed by atoms with E-state index in [1.165, 1.54) is 11.3 Å². The first-order valence-corrected chi connectivity index (χ1v) is 8.35. The first kappa shape index (κ1) is 14.0. The molecular formula is C17H21NO4. The second-order valence-corrected chi connectivity index (χ2v) is 7.19. The maximum absolute atomic E-state index is 12.7. The number of hydrogen-bond acceptors (Lipinski definition) is 3. The minimum absolute atomic E-state index is 0.0259. The van der Waals surface area contributed by atoms with Crippen LogP contribution in [0, 0.1) is 35.5 Å². The normalized spacial score (nSPS) is 40.8. The highest BCUT2D eigenvalue weighted by Crippen LogP contribution is 2.65. The van der Waals surface area contributed by atoms with Gasteiger partial charge in [-0.05, 0) is 42.9 Å². The number of likely N-dealkylation sites (tertiary alicyclic amines) is 1. The van der Waals surface area contributed by atoms with E-state index in [0.29, 0.717) is 31.2 Å². The zero-order chi connectivity index (χ0) is 15.4. The molecule has 0 unspecified atom stereocenters. The van der Waals surface area contributed by atoms with Crippen LogP contribution in [0.2, 0.25) is 0 Å². The molecule has 0 radical (unpaired) electrons. The molecular weight excluding hydrogens is 282 g/mol. The summed E-state index contributed by atoms with van der Waals surface area (Å²) in [5.74, 6) is 0.904. The van der Waals surface area contributed by atoms with Gasteiger partial charge in [-0.25, -0.2) is 0 Å².